The molecule has 0 saturated carbocycles. The standard InChI is InChI=1S/C55H38N2S/c1-55(2)47-24-11-9-21-44(47)45-28-27-38(33-48(45)55)49-34-50(57-54(56-49)39-20-13-19-37(29-39)35-15-5-3-6-16-35)42-31-40(36-17-7-4-8-18-36)30-41(32-42)43-23-14-26-52-53(43)46-22-10-12-25-51(46)58-52/h3-34H,1-2H3. The zero-order valence-electron chi connectivity index (χ0n) is 32.3. The van der Waals surface area contributed by atoms with E-state index < -0.39 is 0 Å². The third kappa shape index (κ3) is 5.78. The lowest BCUT2D eigenvalue weighted by atomic mass is 9.82. The second-order valence-electron chi connectivity index (χ2n) is 15.8. The third-order valence-electron chi connectivity index (χ3n) is 11.9. The predicted molar refractivity (Wildman–Crippen MR) is 245 cm³/mol. The lowest BCUT2D eigenvalue weighted by Gasteiger charge is -2.22. The van der Waals surface area contributed by atoms with Gasteiger partial charge in [-0.2, -0.15) is 0 Å². The van der Waals surface area contributed by atoms with Gasteiger partial charge in [0.2, 0.25) is 0 Å². The SMILES string of the molecule is CC1(C)c2ccccc2-c2ccc(-c3cc(-c4cc(-c5ccccc5)cc(-c5cccc6sc7ccccc7c56)c4)nc(-c4cccc(-c5ccccc5)c4)n3)cc21. The van der Waals surface area contributed by atoms with Crippen molar-refractivity contribution in [3.8, 4) is 78.4 Å². The zero-order valence-corrected chi connectivity index (χ0v) is 33.1. The Morgan fingerprint density at radius 1 is 0.362 bits per heavy atom. The predicted octanol–water partition coefficient (Wildman–Crippen LogP) is 15.2. The van der Waals surface area contributed by atoms with Crippen molar-refractivity contribution in [1.82, 2.24) is 9.97 Å². The van der Waals surface area contributed by atoms with Crippen LogP contribution in [-0.2, 0) is 5.41 Å². The number of benzene rings is 8. The molecule has 2 heterocycles. The molecule has 0 fully saturated rings. The summed E-state index contributed by atoms with van der Waals surface area (Å²) in [6.45, 7) is 4.67. The van der Waals surface area contributed by atoms with E-state index in [-0.39, 0.29) is 5.41 Å². The lowest BCUT2D eigenvalue weighted by molar-refractivity contribution is 0.660. The number of thiophene rings is 1. The summed E-state index contributed by atoms with van der Waals surface area (Å²) in [5.41, 5.74) is 17.1. The van der Waals surface area contributed by atoms with E-state index >= 15 is 0 Å². The molecule has 2 nitrogen and oxygen atoms in total. The Kier molecular flexibility index (Phi) is 8.06. The molecule has 3 heteroatoms. The minimum Gasteiger partial charge on any atom is -0.228 e. The quantitative estimate of drug-likeness (QED) is 0.169. The van der Waals surface area contributed by atoms with Crippen molar-refractivity contribution in [2.45, 2.75) is 19.3 Å². The van der Waals surface area contributed by atoms with E-state index in [1.807, 2.05) is 11.3 Å². The molecule has 1 aliphatic rings. The van der Waals surface area contributed by atoms with Gasteiger partial charge in [-0.05, 0) is 104 Å². The van der Waals surface area contributed by atoms with Crippen LogP contribution in [0.3, 0.4) is 0 Å². The van der Waals surface area contributed by atoms with Crippen LogP contribution in [0.2, 0.25) is 0 Å². The summed E-state index contributed by atoms with van der Waals surface area (Å²) in [5.74, 6) is 0.700. The van der Waals surface area contributed by atoms with Gasteiger partial charge < -0.3 is 0 Å². The topological polar surface area (TPSA) is 25.8 Å². The van der Waals surface area contributed by atoms with Gasteiger partial charge in [0.15, 0.2) is 5.82 Å². The largest absolute Gasteiger partial charge is 0.228 e. The van der Waals surface area contributed by atoms with Gasteiger partial charge in [-0.25, -0.2) is 9.97 Å². The van der Waals surface area contributed by atoms with Crippen molar-refractivity contribution in [1.29, 1.82) is 0 Å². The van der Waals surface area contributed by atoms with Crippen LogP contribution in [0, 0.1) is 0 Å². The molecule has 0 aliphatic heterocycles. The van der Waals surface area contributed by atoms with Crippen molar-refractivity contribution < 1.29 is 0 Å². The molecule has 10 aromatic rings. The number of rotatable bonds is 6. The summed E-state index contributed by atoms with van der Waals surface area (Å²) >= 11 is 1.85. The summed E-state index contributed by atoms with van der Waals surface area (Å²) in [5, 5.41) is 2.58. The van der Waals surface area contributed by atoms with Gasteiger partial charge in [0.25, 0.3) is 0 Å². The summed E-state index contributed by atoms with van der Waals surface area (Å²) in [7, 11) is 0. The Labute approximate surface area is 342 Å². The second-order valence-corrected chi connectivity index (χ2v) is 16.9. The molecule has 0 amide bonds. The molecule has 0 N–H and O–H groups in total. The van der Waals surface area contributed by atoms with Crippen LogP contribution >= 0.6 is 11.3 Å². The number of aromatic nitrogens is 2. The molecule has 0 radical (unpaired) electrons. The van der Waals surface area contributed by atoms with Crippen LogP contribution in [0.15, 0.2) is 194 Å². The molecule has 0 saturated heterocycles. The van der Waals surface area contributed by atoms with Crippen LogP contribution < -0.4 is 0 Å². The molecule has 274 valence electrons. The maximum absolute atomic E-state index is 5.43. The fourth-order valence-corrected chi connectivity index (χ4v) is 10.1. The van der Waals surface area contributed by atoms with E-state index in [0.717, 1.165) is 50.3 Å². The summed E-state index contributed by atoms with van der Waals surface area (Å²) < 4.78 is 2.59. The van der Waals surface area contributed by atoms with E-state index in [0.29, 0.717) is 5.82 Å². The van der Waals surface area contributed by atoms with Gasteiger partial charge in [0, 0.05) is 42.3 Å². The summed E-state index contributed by atoms with van der Waals surface area (Å²) in [4.78, 5) is 10.8. The highest BCUT2D eigenvalue weighted by Gasteiger charge is 2.35. The smallest absolute Gasteiger partial charge is 0.160 e. The minimum absolute atomic E-state index is 0.129. The molecular weight excluding hydrogens is 721 g/mol. The van der Waals surface area contributed by atoms with Gasteiger partial charge >= 0.3 is 0 Å². The Morgan fingerprint density at radius 2 is 0.931 bits per heavy atom. The van der Waals surface area contributed by atoms with E-state index in [4.69, 9.17) is 9.97 Å². The molecule has 0 bridgehead atoms. The number of hydrogen-bond donors (Lipinski definition) is 0. The molecule has 11 rings (SSSR count). The monoisotopic (exact) mass is 758 g/mol. The Hall–Kier alpha value is -6.94. The normalized spacial score (nSPS) is 12.8. The van der Waals surface area contributed by atoms with Crippen LogP contribution in [0.25, 0.3) is 98.6 Å². The first-order chi connectivity index (χ1) is 28.5. The molecule has 8 aromatic carbocycles. The lowest BCUT2D eigenvalue weighted by Crippen LogP contribution is -2.14. The molecule has 0 atom stereocenters. The van der Waals surface area contributed by atoms with Gasteiger partial charge in [0.1, 0.15) is 0 Å². The number of hydrogen-bond acceptors (Lipinski definition) is 3. The van der Waals surface area contributed by atoms with Crippen LogP contribution in [0.1, 0.15) is 25.0 Å². The third-order valence-corrected chi connectivity index (χ3v) is 13.0. The van der Waals surface area contributed by atoms with E-state index in [2.05, 4.69) is 208 Å². The molecule has 2 aromatic heterocycles. The Bertz CT molecular complexity index is 3190. The molecule has 1 aliphatic carbocycles. The highest BCUT2D eigenvalue weighted by molar-refractivity contribution is 7.25. The van der Waals surface area contributed by atoms with E-state index in [1.54, 1.807) is 0 Å². The Balaban J connectivity index is 1.14. The number of fused-ring (bicyclic) bond motifs is 6. The maximum atomic E-state index is 5.43. The Morgan fingerprint density at radius 3 is 1.76 bits per heavy atom. The highest BCUT2D eigenvalue weighted by Crippen LogP contribution is 2.50. The second kappa shape index (κ2) is 13.6. The van der Waals surface area contributed by atoms with Gasteiger partial charge in [-0.1, -0.05) is 159 Å². The average molecular weight is 759 g/mol. The van der Waals surface area contributed by atoms with Crippen molar-refractivity contribution in [3.05, 3.63) is 205 Å². The maximum Gasteiger partial charge on any atom is 0.160 e. The molecule has 0 unspecified atom stereocenters. The van der Waals surface area contributed by atoms with Crippen molar-refractivity contribution >= 4 is 31.5 Å². The van der Waals surface area contributed by atoms with Crippen molar-refractivity contribution in [3.63, 3.8) is 0 Å². The van der Waals surface area contributed by atoms with Crippen molar-refractivity contribution in [2.75, 3.05) is 0 Å². The first-order valence-electron chi connectivity index (χ1n) is 19.9. The van der Waals surface area contributed by atoms with Gasteiger partial charge in [0.05, 0.1) is 11.4 Å². The molecule has 58 heavy (non-hydrogen) atoms. The fraction of sp³-hybridized carbons (Fsp3) is 0.0545. The first-order valence-corrected chi connectivity index (χ1v) is 20.7. The summed E-state index contributed by atoms with van der Waals surface area (Å²) in [6, 6.07) is 70.2. The minimum atomic E-state index is -0.129. The van der Waals surface area contributed by atoms with Crippen molar-refractivity contribution in [2.24, 2.45) is 0 Å². The fourth-order valence-electron chi connectivity index (χ4n) is 8.95. The van der Waals surface area contributed by atoms with E-state index in [9.17, 15) is 0 Å². The van der Waals surface area contributed by atoms with Crippen LogP contribution in [0.5, 0.6) is 0 Å². The van der Waals surface area contributed by atoms with Gasteiger partial charge in [-0.3, -0.25) is 0 Å². The number of nitrogens with zero attached hydrogens (tertiary/aromatic N) is 2. The highest BCUT2D eigenvalue weighted by atomic mass is 32.1. The van der Waals surface area contributed by atoms with Crippen LogP contribution in [0.4, 0.5) is 0 Å². The van der Waals surface area contributed by atoms with E-state index in [1.165, 1.54) is 53.6 Å². The summed E-state index contributed by atoms with van der Waals surface area (Å²) in [6.07, 6.45) is 0. The zero-order chi connectivity index (χ0) is 38.8. The average Bonchev–Trinajstić information content (AvgIpc) is 3.78. The molecule has 0 spiro atoms. The first kappa shape index (κ1) is 34.3. The van der Waals surface area contributed by atoms with Gasteiger partial charge in [-0.15, -0.1) is 11.3 Å². The van der Waals surface area contributed by atoms with Crippen LogP contribution in [-0.4, -0.2) is 9.97 Å². The molecular formula is C55H38N2S.